The first kappa shape index (κ1) is 20.5. The van der Waals surface area contributed by atoms with Gasteiger partial charge in [-0.2, -0.15) is 8.78 Å². The van der Waals surface area contributed by atoms with Gasteiger partial charge in [0, 0.05) is 18.1 Å². The van der Waals surface area contributed by atoms with Crippen LogP contribution in [0.25, 0.3) is 0 Å². The number of methoxy groups -OCH3 is 1. The number of hydrogen-bond donors (Lipinski definition) is 3. The highest BCUT2D eigenvalue weighted by atomic mass is 19.3. The SMILES string of the molecule is CCOC(=O)C1(O)C(=O)Nc2c(OC)cc(C(F)(F)C(F)NC(C)=O)cc21. The molecule has 0 aromatic heterocycles. The zero-order chi connectivity index (χ0) is 20.6. The van der Waals surface area contributed by atoms with E-state index in [2.05, 4.69) is 10.1 Å². The summed E-state index contributed by atoms with van der Waals surface area (Å²) >= 11 is 0. The summed E-state index contributed by atoms with van der Waals surface area (Å²) in [6.45, 7) is 2.08. The molecule has 8 nitrogen and oxygen atoms in total. The summed E-state index contributed by atoms with van der Waals surface area (Å²) in [7, 11) is 1.09. The lowest BCUT2D eigenvalue weighted by molar-refractivity contribution is -0.169. The van der Waals surface area contributed by atoms with E-state index < -0.39 is 46.7 Å². The molecule has 1 aromatic rings. The molecule has 1 heterocycles. The number of alkyl halides is 3. The molecule has 1 aliphatic heterocycles. The fraction of sp³-hybridized carbons (Fsp3) is 0.438. The predicted octanol–water partition coefficient (Wildman–Crippen LogP) is 0.921. The van der Waals surface area contributed by atoms with Crippen LogP contribution in [-0.4, -0.2) is 42.9 Å². The highest BCUT2D eigenvalue weighted by molar-refractivity contribution is 6.18. The maximum atomic E-state index is 14.4. The molecule has 0 radical (unpaired) electrons. The third kappa shape index (κ3) is 3.29. The van der Waals surface area contributed by atoms with Crippen molar-refractivity contribution in [3.8, 4) is 5.75 Å². The molecule has 27 heavy (non-hydrogen) atoms. The van der Waals surface area contributed by atoms with Gasteiger partial charge in [-0.1, -0.05) is 0 Å². The number of fused-ring (bicyclic) bond motifs is 1. The van der Waals surface area contributed by atoms with Crippen LogP contribution in [0.15, 0.2) is 12.1 Å². The summed E-state index contributed by atoms with van der Waals surface area (Å²) in [5.41, 5.74) is -4.74. The van der Waals surface area contributed by atoms with E-state index in [0.29, 0.717) is 6.07 Å². The molecule has 2 unspecified atom stereocenters. The molecular formula is C16H17F3N2O6. The third-order valence-electron chi connectivity index (χ3n) is 3.88. The lowest BCUT2D eigenvalue weighted by Gasteiger charge is -2.24. The number of esters is 1. The number of ether oxygens (including phenoxy) is 2. The van der Waals surface area contributed by atoms with Gasteiger partial charge in [0.25, 0.3) is 11.5 Å². The quantitative estimate of drug-likeness (QED) is 0.378. The van der Waals surface area contributed by atoms with Gasteiger partial charge in [-0.25, -0.2) is 9.18 Å². The van der Waals surface area contributed by atoms with Gasteiger partial charge < -0.3 is 25.2 Å². The van der Waals surface area contributed by atoms with Crippen molar-refractivity contribution in [1.29, 1.82) is 0 Å². The number of aliphatic hydroxyl groups is 1. The van der Waals surface area contributed by atoms with E-state index in [4.69, 9.17) is 4.74 Å². The monoisotopic (exact) mass is 390 g/mol. The minimum atomic E-state index is -4.25. The Hall–Kier alpha value is -2.82. The van der Waals surface area contributed by atoms with Gasteiger partial charge >= 0.3 is 11.9 Å². The zero-order valence-electron chi connectivity index (χ0n) is 14.6. The zero-order valence-corrected chi connectivity index (χ0v) is 14.6. The largest absolute Gasteiger partial charge is 0.495 e. The smallest absolute Gasteiger partial charge is 0.353 e. The second-order valence-electron chi connectivity index (χ2n) is 5.67. The van der Waals surface area contributed by atoms with Crippen molar-refractivity contribution in [2.24, 2.45) is 0 Å². The van der Waals surface area contributed by atoms with Crippen molar-refractivity contribution in [2.45, 2.75) is 31.7 Å². The van der Waals surface area contributed by atoms with E-state index in [9.17, 15) is 32.7 Å². The number of hydrogen-bond acceptors (Lipinski definition) is 6. The van der Waals surface area contributed by atoms with E-state index in [1.54, 1.807) is 0 Å². The third-order valence-corrected chi connectivity index (χ3v) is 3.88. The van der Waals surface area contributed by atoms with Crippen LogP contribution in [0.4, 0.5) is 18.9 Å². The number of carbonyl (C=O) groups excluding carboxylic acids is 3. The van der Waals surface area contributed by atoms with E-state index in [1.807, 2.05) is 0 Å². The summed E-state index contributed by atoms with van der Waals surface area (Å²) in [5.74, 6) is -8.24. The molecule has 11 heteroatoms. The molecule has 0 aliphatic carbocycles. The number of rotatable bonds is 6. The second kappa shape index (κ2) is 7.06. The fourth-order valence-electron chi connectivity index (χ4n) is 2.56. The van der Waals surface area contributed by atoms with Crippen molar-refractivity contribution in [3.05, 3.63) is 23.3 Å². The Kier molecular flexibility index (Phi) is 5.36. The first-order valence-electron chi connectivity index (χ1n) is 7.73. The standard InChI is InChI=1S/C16H17F3N2O6/c1-4-27-14(24)15(25)9-5-8(16(18,19)12(17)20-7(2)22)6-10(26-3)11(9)21-13(15)23/h5-6,12,25H,4H2,1-3H3,(H,20,22)(H,21,23). The fourth-order valence-corrected chi connectivity index (χ4v) is 2.56. The Balaban J connectivity index is 2.64. The average molecular weight is 390 g/mol. The van der Waals surface area contributed by atoms with E-state index in [0.717, 1.165) is 20.1 Å². The molecule has 2 atom stereocenters. The van der Waals surface area contributed by atoms with Crippen LogP contribution in [0, 0.1) is 0 Å². The molecule has 3 N–H and O–H groups in total. The number of nitrogens with one attached hydrogen (secondary N) is 2. The summed E-state index contributed by atoms with van der Waals surface area (Å²) in [6.07, 6.45) is -3.10. The molecule has 0 spiro atoms. The predicted molar refractivity (Wildman–Crippen MR) is 84.8 cm³/mol. The molecule has 1 aliphatic rings. The van der Waals surface area contributed by atoms with Gasteiger partial charge in [0.2, 0.25) is 12.2 Å². The van der Waals surface area contributed by atoms with Gasteiger partial charge in [0.15, 0.2) is 0 Å². The Morgan fingerprint density at radius 1 is 1.41 bits per heavy atom. The number of amides is 2. The van der Waals surface area contributed by atoms with E-state index in [1.165, 1.54) is 12.2 Å². The van der Waals surface area contributed by atoms with Crippen LogP contribution in [0.2, 0.25) is 0 Å². The lowest BCUT2D eigenvalue weighted by Crippen LogP contribution is -2.44. The Morgan fingerprint density at radius 3 is 2.56 bits per heavy atom. The van der Waals surface area contributed by atoms with Crippen LogP contribution in [-0.2, 0) is 30.6 Å². The number of anilines is 1. The number of benzene rings is 1. The first-order chi connectivity index (χ1) is 12.5. The Bertz CT molecular complexity index is 801. The summed E-state index contributed by atoms with van der Waals surface area (Å²) in [6, 6.07) is 1.31. The molecule has 0 fully saturated rings. The lowest BCUT2D eigenvalue weighted by atomic mass is 9.92. The molecule has 0 saturated heterocycles. The number of halogens is 3. The molecule has 1 aromatic carbocycles. The van der Waals surface area contributed by atoms with Gasteiger partial charge in [-0.3, -0.25) is 9.59 Å². The van der Waals surface area contributed by atoms with E-state index >= 15 is 0 Å². The summed E-state index contributed by atoms with van der Waals surface area (Å²) in [4.78, 5) is 35.1. The topological polar surface area (TPSA) is 114 Å². The minimum Gasteiger partial charge on any atom is -0.495 e. The molecule has 0 saturated carbocycles. The normalized spacial score (nSPS) is 19.7. The first-order valence-corrected chi connectivity index (χ1v) is 7.73. The van der Waals surface area contributed by atoms with Crippen LogP contribution in [0.5, 0.6) is 5.75 Å². The number of carbonyl (C=O) groups is 3. The van der Waals surface area contributed by atoms with Crippen molar-refractivity contribution in [1.82, 2.24) is 5.32 Å². The highest BCUT2D eigenvalue weighted by Gasteiger charge is 2.56. The summed E-state index contributed by atoms with van der Waals surface area (Å²) < 4.78 is 52.3. The van der Waals surface area contributed by atoms with Gasteiger partial charge in [0.05, 0.1) is 19.4 Å². The van der Waals surface area contributed by atoms with Crippen LogP contribution in [0.1, 0.15) is 25.0 Å². The summed E-state index contributed by atoms with van der Waals surface area (Å²) in [5, 5.41) is 14.1. The van der Waals surface area contributed by atoms with Crippen LogP contribution >= 0.6 is 0 Å². The van der Waals surface area contributed by atoms with Crippen molar-refractivity contribution < 1.29 is 42.1 Å². The maximum Gasteiger partial charge on any atom is 0.353 e. The van der Waals surface area contributed by atoms with Crippen LogP contribution in [0.3, 0.4) is 0 Å². The van der Waals surface area contributed by atoms with Gasteiger partial charge in [-0.15, -0.1) is 0 Å². The molecule has 148 valence electrons. The van der Waals surface area contributed by atoms with Crippen LogP contribution < -0.4 is 15.4 Å². The van der Waals surface area contributed by atoms with Crippen molar-refractivity contribution in [3.63, 3.8) is 0 Å². The van der Waals surface area contributed by atoms with Crippen molar-refractivity contribution >= 4 is 23.5 Å². The van der Waals surface area contributed by atoms with Crippen molar-refractivity contribution in [2.75, 3.05) is 19.0 Å². The van der Waals surface area contributed by atoms with Gasteiger partial charge in [0.1, 0.15) is 5.75 Å². The minimum absolute atomic E-state index is 0.189. The highest BCUT2D eigenvalue weighted by Crippen LogP contribution is 2.46. The molecule has 2 rings (SSSR count). The molecule has 0 bridgehead atoms. The van der Waals surface area contributed by atoms with Gasteiger partial charge in [-0.05, 0) is 19.1 Å². The van der Waals surface area contributed by atoms with E-state index in [-0.39, 0.29) is 18.0 Å². The molecular weight excluding hydrogens is 373 g/mol. The maximum absolute atomic E-state index is 14.4. The Labute approximate surface area is 151 Å². The average Bonchev–Trinajstić information content (AvgIpc) is 2.85. The molecule has 2 amide bonds. The Morgan fingerprint density at radius 2 is 2.04 bits per heavy atom. The second-order valence-corrected chi connectivity index (χ2v) is 5.67.